The second-order valence-corrected chi connectivity index (χ2v) is 5.02. The second kappa shape index (κ2) is 6.31. The summed E-state index contributed by atoms with van der Waals surface area (Å²) in [6.07, 6.45) is 0.569. The largest absolute Gasteiger partial charge is 0.397 e. The van der Waals surface area contributed by atoms with Crippen LogP contribution in [0.1, 0.15) is 13.3 Å². The van der Waals surface area contributed by atoms with Crippen LogP contribution >= 0.6 is 0 Å². The van der Waals surface area contributed by atoms with Crippen molar-refractivity contribution in [3.8, 4) is 0 Å². The molecular formula is C7H20NO4S+. The molecule has 1 N–H and O–H groups in total. The molecule has 0 heterocycles. The fourth-order valence-electron chi connectivity index (χ4n) is 0.189. The summed E-state index contributed by atoms with van der Waals surface area (Å²) in [7, 11) is 4.31. The van der Waals surface area contributed by atoms with Gasteiger partial charge in [0.2, 0.25) is 0 Å². The van der Waals surface area contributed by atoms with Crippen LogP contribution < -0.4 is 0 Å². The zero-order chi connectivity index (χ0) is 11.1. The van der Waals surface area contributed by atoms with Gasteiger partial charge in [-0.2, -0.15) is 8.42 Å². The minimum atomic E-state index is -4.19. The molecule has 0 saturated carbocycles. The van der Waals surface area contributed by atoms with Crippen LogP contribution in [0, 0.1) is 0 Å². The molecule has 0 aromatic heterocycles. The van der Waals surface area contributed by atoms with E-state index in [0.717, 1.165) is 4.48 Å². The van der Waals surface area contributed by atoms with Crippen LogP contribution in [0.5, 0.6) is 0 Å². The summed E-state index contributed by atoms with van der Waals surface area (Å²) < 4.78 is 32.3. The van der Waals surface area contributed by atoms with Crippen molar-refractivity contribution in [3.05, 3.63) is 0 Å². The van der Waals surface area contributed by atoms with E-state index in [1.807, 2.05) is 0 Å². The first-order valence-electron chi connectivity index (χ1n) is 3.97. The maximum Gasteiger partial charge on any atom is 0.397 e. The summed E-state index contributed by atoms with van der Waals surface area (Å²) in [5, 5.41) is 0. The molecule has 0 radical (unpaired) electrons. The van der Waals surface area contributed by atoms with E-state index in [-0.39, 0.29) is 6.61 Å². The lowest BCUT2D eigenvalue weighted by atomic mass is 10.5. The standard InChI is InChI=1S/C4H12N.C3H8O4S/c1-5(2,3)4;1-2-3-7-8(4,5)6/h1-4H3;2-3H2,1H3,(H,4,5,6)/q+1;. The SMILES string of the molecule is CCCOS(=O)(=O)O.C[N+](C)(C)C. The maximum atomic E-state index is 9.72. The lowest BCUT2D eigenvalue weighted by Gasteiger charge is -2.14. The molecule has 0 aromatic rings. The van der Waals surface area contributed by atoms with Gasteiger partial charge < -0.3 is 4.48 Å². The molecule has 0 aliphatic heterocycles. The number of rotatable bonds is 3. The predicted molar refractivity (Wildman–Crippen MR) is 51.7 cm³/mol. The average Bonchev–Trinajstić information content (AvgIpc) is 1.77. The Morgan fingerprint density at radius 2 is 1.54 bits per heavy atom. The molecule has 0 saturated heterocycles. The van der Waals surface area contributed by atoms with Crippen LogP contribution in [0.15, 0.2) is 0 Å². The van der Waals surface area contributed by atoms with Crippen LogP contribution in [0.25, 0.3) is 0 Å². The first kappa shape index (κ1) is 15.3. The van der Waals surface area contributed by atoms with E-state index >= 15 is 0 Å². The molecule has 0 unspecified atom stereocenters. The van der Waals surface area contributed by atoms with Gasteiger partial charge in [0.05, 0.1) is 34.8 Å². The third kappa shape index (κ3) is 49.0. The molecule has 0 atom stereocenters. The van der Waals surface area contributed by atoms with Gasteiger partial charge in [-0.05, 0) is 6.42 Å². The lowest BCUT2D eigenvalue weighted by molar-refractivity contribution is -0.849. The van der Waals surface area contributed by atoms with Crippen molar-refractivity contribution in [2.75, 3.05) is 34.8 Å². The quantitative estimate of drug-likeness (QED) is 0.550. The highest BCUT2D eigenvalue weighted by Crippen LogP contribution is 1.86. The van der Waals surface area contributed by atoms with Crippen LogP contribution in [-0.4, -0.2) is 52.3 Å². The van der Waals surface area contributed by atoms with Crippen molar-refractivity contribution in [1.82, 2.24) is 0 Å². The highest BCUT2D eigenvalue weighted by Gasteiger charge is 1.99. The highest BCUT2D eigenvalue weighted by atomic mass is 32.3. The van der Waals surface area contributed by atoms with Gasteiger partial charge in [-0.3, -0.25) is 4.55 Å². The van der Waals surface area contributed by atoms with Gasteiger partial charge in [0.1, 0.15) is 0 Å². The third-order valence-electron chi connectivity index (χ3n) is 0.436. The van der Waals surface area contributed by atoms with Crippen LogP contribution in [-0.2, 0) is 14.6 Å². The lowest BCUT2D eigenvalue weighted by Crippen LogP contribution is -2.27. The average molecular weight is 214 g/mol. The molecule has 0 aliphatic rings. The fraction of sp³-hybridized carbons (Fsp3) is 1.00. The summed E-state index contributed by atoms with van der Waals surface area (Å²) in [6.45, 7) is 1.78. The first-order chi connectivity index (χ1) is 5.56. The van der Waals surface area contributed by atoms with Gasteiger partial charge in [-0.25, -0.2) is 4.18 Å². The van der Waals surface area contributed by atoms with Gasteiger partial charge in [0.15, 0.2) is 0 Å². The summed E-state index contributed by atoms with van der Waals surface area (Å²) in [5.74, 6) is 0. The molecule has 82 valence electrons. The Morgan fingerprint density at radius 3 is 1.62 bits per heavy atom. The Hall–Kier alpha value is -0.170. The molecule has 0 rings (SSSR count). The Labute approximate surface area is 80.9 Å². The molecule has 13 heavy (non-hydrogen) atoms. The van der Waals surface area contributed by atoms with E-state index in [9.17, 15) is 8.42 Å². The number of hydrogen-bond donors (Lipinski definition) is 1. The summed E-state index contributed by atoms with van der Waals surface area (Å²) >= 11 is 0. The number of hydrogen-bond acceptors (Lipinski definition) is 3. The molecule has 0 fully saturated rings. The molecule has 0 aliphatic carbocycles. The summed E-state index contributed by atoms with van der Waals surface area (Å²) in [4.78, 5) is 0. The van der Waals surface area contributed by atoms with E-state index < -0.39 is 10.4 Å². The zero-order valence-electron chi connectivity index (χ0n) is 8.94. The molecule has 0 aromatic carbocycles. The minimum absolute atomic E-state index is 0.0405. The number of quaternary nitrogens is 1. The van der Waals surface area contributed by atoms with Crippen molar-refractivity contribution in [1.29, 1.82) is 0 Å². The Kier molecular flexibility index (Phi) is 7.43. The van der Waals surface area contributed by atoms with E-state index in [4.69, 9.17) is 4.55 Å². The Balaban J connectivity index is 0. The smallest absolute Gasteiger partial charge is 0.333 e. The van der Waals surface area contributed by atoms with Crippen molar-refractivity contribution in [2.45, 2.75) is 13.3 Å². The first-order valence-corrected chi connectivity index (χ1v) is 5.33. The second-order valence-electron chi connectivity index (χ2n) is 3.93. The van der Waals surface area contributed by atoms with Crippen molar-refractivity contribution in [3.63, 3.8) is 0 Å². The van der Waals surface area contributed by atoms with Crippen molar-refractivity contribution < 1.29 is 21.6 Å². The molecule has 0 bridgehead atoms. The van der Waals surface area contributed by atoms with Crippen LogP contribution in [0.2, 0.25) is 0 Å². The third-order valence-corrected chi connectivity index (χ3v) is 0.901. The molecular weight excluding hydrogens is 194 g/mol. The van der Waals surface area contributed by atoms with E-state index in [2.05, 4.69) is 32.4 Å². The van der Waals surface area contributed by atoms with E-state index in [0.29, 0.717) is 6.42 Å². The topological polar surface area (TPSA) is 63.6 Å². The van der Waals surface area contributed by atoms with Crippen molar-refractivity contribution >= 4 is 10.4 Å². The van der Waals surface area contributed by atoms with Gasteiger partial charge >= 0.3 is 10.4 Å². The van der Waals surface area contributed by atoms with Crippen LogP contribution in [0.4, 0.5) is 0 Å². The molecule has 6 heteroatoms. The van der Waals surface area contributed by atoms with Gasteiger partial charge in [-0.1, -0.05) is 6.92 Å². The predicted octanol–water partition coefficient (Wildman–Crippen LogP) is 0.538. The zero-order valence-corrected chi connectivity index (χ0v) is 9.76. The summed E-state index contributed by atoms with van der Waals surface area (Å²) in [6, 6.07) is 0. The molecule has 0 spiro atoms. The normalized spacial score (nSPS) is 11.8. The van der Waals surface area contributed by atoms with E-state index in [1.165, 1.54) is 0 Å². The maximum absolute atomic E-state index is 9.72. The monoisotopic (exact) mass is 214 g/mol. The molecule has 0 amide bonds. The van der Waals surface area contributed by atoms with Gasteiger partial charge in [-0.15, -0.1) is 0 Å². The summed E-state index contributed by atoms with van der Waals surface area (Å²) in [5.41, 5.74) is 0. The number of nitrogens with zero attached hydrogens (tertiary/aromatic N) is 1. The van der Waals surface area contributed by atoms with Crippen molar-refractivity contribution in [2.24, 2.45) is 0 Å². The van der Waals surface area contributed by atoms with Gasteiger partial charge in [0, 0.05) is 0 Å². The van der Waals surface area contributed by atoms with E-state index in [1.54, 1.807) is 6.92 Å². The van der Waals surface area contributed by atoms with Crippen LogP contribution in [0.3, 0.4) is 0 Å². The minimum Gasteiger partial charge on any atom is -0.333 e. The Bertz CT molecular complexity index is 199. The molecule has 5 nitrogen and oxygen atoms in total. The van der Waals surface area contributed by atoms with Gasteiger partial charge in [0.25, 0.3) is 0 Å². The fourth-order valence-corrected chi connectivity index (χ4v) is 0.566. The highest BCUT2D eigenvalue weighted by molar-refractivity contribution is 7.80. The Morgan fingerprint density at radius 1 is 1.23 bits per heavy atom.